The third-order valence-electron chi connectivity index (χ3n) is 4.06. The van der Waals surface area contributed by atoms with Crippen LogP contribution in [-0.4, -0.2) is 5.78 Å². The molecule has 2 atom stereocenters. The maximum Gasteiger partial charge on any atom is 0.162 e. The molecule has 0 saturated heterocycles. The second-order valence-electron chi connectivity index (χ2n) is 5.84. The summed E-state index contributed by atoms with van der Waals surface area (Å²) in [4.78, 5) is 12.6. The Labute approximate surface area is 129 Å². The molecule has 2 heteroatoms. The number of halogens is 1. The molecule has 1 aromatic carbocycles. The first-order chi connectivity index (χ1) is 8.99. The van der Waals surface area contributed by atoms with Gasteiger partial charge in [-0.1, -0.05) is 32.9 Å². The molecule has 102 valence electrons. The predicted molar refractivity (Wildman–Crippen MR) is 88.9 cm³/mol. The molecule has 1 nitrogen and oxygen atoms in total. The van der Waals surface area contributed by atoms with Crippen molar-refractivity contribution in [3.8, 4) is 0 Å². The van der Waals surface area contributed by atoms with Gasteiger partial charge in [-0.2, -0.15) is 0 Å². The van der Waals surface area contributed by atoms with Crippen LogP contribution in [-0.2, 0) is 4.79 Å². The molecule has 1 aliphatic carbocycles. The highest BCUT2D eigenvalue weighted by molar-refractivity contribution is 14.1. The third kappa shape index (κ3) is 3.47. The molecule has 0 amide bonds. The lowest BCUT2D eigenvalue weighted by atomic mass is 9.73. The van der Waals surface area contributed by atoms with Gasteiger partial charge in [0.05, 0.1) is 0 Å². The van der Waals surface area contributed by atoms with Crippen LogP contribution in [0.3, 0.4) is 0 Å². The predicted octanol–water partition coefficient (Wildman–Crippen LogP) is 4.95. The smallest absolute Gasteiger partial charge is 0.162 e. The molecule has 0 heterocycles. The number of carbonyl (C=O) groups excluding carboxylic acids is 1. The molecule has 0 spiro atoms. The number of Topliss-reactive ketones (excluding diaryl/α,β-unsaturated/α-hetero) is 1. The lowest BCUT2D eigenvalue weighted by Crippen LogP contribution is -2.30. The number of carbonyl (C=O) groups is 1. The summed E-state index contributed by atoms with van der Waals surface area (Å²) < 4.78 is 1.22. The molecule has 0 aliphatic heterocycles. The quantitative estimate of drug-likeness (QED) is 0.534. The first kappa shape index (κ1) is 14.8. The Bertz CT molecular complexity index is 484. The van der Waals surface area contributed by atoms with Crippen molar-refractivity contribution in [2.75, 3.05) is 0 Å². The molecule has 0 radical (unpaired) electrons. The molecule has 0 unspecified atom stereocenters. The van der Waals surface area contributed by atoms with Gasteiger partial charge in [0.1, 0.15) is 0 Å². The monoisotopic (exact) mass is 368 g/mol. The Kier molecular flexibility index (Phi) is 4.82. The Hall–Kier alpha value is -0.640. The molecule has 0 N–H and O–H groups in total. The van der Waals surface area contributed by atoms with E-state index in [4.69, 9.17) is 0 Å². The number of ketones is 1. The molecule has 19 heavy (non-hydrogen) atoms. The number of hydrogen-bond acceptors (Lipinski definition) is 1. The zero-order chi connectivity index (χ0) is 14.0. The van der Waals surface area contributed by atoms with Gasteiger partial charge in [0, 0.05) is 9.49 Å². The zero-order valence-electron chi connectivity index (χ0n) is 11.8. The highest BCUT2D eigenvalue weighted by Gasteiger charge is 2.32. The van der Waals surface area contributed by atoms with Crippen molar-refractivity contribution in [1.82, 2.24) is 0 Å². The summed E-state index contributed by atoms with van der Waals surface area (Å²) >= 11 is 2.30. The fraction of sp³-hybridized carbons (Fsp3) is 0.471. The van der Waals surface area contributed by atoms with E-state index in [1.54, 1.807) is 0 Å². The van der Waals surface area contributed by atoms with Gasteiger partial charge in [0.15, 0.2) is 5.78 Å². The first-order valence-electron chi connectivity index (χ1n) is 7.00. The largest absolute Gasteiger partial charge is 0.294 e. The number of benzene rings is 1. The zero-order valence-corrected chi connectivity index (χ0v) is 14.0. The molecule has 2 rings (SSSR count). The van der Waals surface area contributed by atoms with Gasteiger partial charge in [-0.15, -0.1) is 0 Å². The highest BCUT2D eigenvalue weighted by atomic mass is 127. The van der Waals surface area contributed by atoms with Crippen LogP contribution in [0.25, 0.3) is 6.08 Å². The van der Waals surface area contributed by atoms with Crippen LogP contribution in [0, 0.1) is 21.3 Å². The van der Waals surface area contributed by atoms with Gasteiger partial charge in [0.2, 0.25) is 0 Å². The Morgan fingerprint density at radius 1 is 1.21 bits per heavy atom. The van der Waals surface area contributed by atoms with Crippen molar-refractivity contribution in [3.05, 3.63) is 39.0 Å². The van der Waals surface area contributed by atoms with Crippen LogP contribution in [0.1, 0.15) is 39.2 Å². The van der Waals surface area contributed by atoms with Gasteiger partial charge >= 0.3 is 0 Å². The topological polar surface area (TPSA) is 17.1 Å². The lowest BCUT2D eigenvalue weighted by molar-refractivity contribution is -0.122. The lowest BCUT2D eigenvalue weighted by Gasteiger charge is -2.30. The highest BCUT2D eigenvalue weighted by Crippen LogP contribution is 2.35. The maximum atomic E-state index is 12.6. The van der Waals surface area contributed by atoms with Crippen LogP contribution in [0.15, 0.2) is 29.8 Å². The maximum absolute atomic E-state index is 12.6. The van der Waals surface area contributed by atoms with Gasteiger partial charge in [-0.3, -0.25) is 4.79 Å². The minimum absolute atomic E-state index is 0.214. The van der Waals surface area contributed by atoms with E-state index in [0.29, 0.717) is 17.6 Å². The van der Waals surface area contributed by atoms with Gasteiger partial charge in [-0.05, 0) is 76.6 Å². The van der Waals surface area contributed by atoms with Crippen molar-refractivity contribution >= 4 is 34.5 Å². The molecule has 1 aromatic rings. The van der Waals surface area contributed by atoms with E-state index >= 15 is 0 Å². The molecular weight excluding hydrogens is 347 g/mol. The van der Waals surface area contributed by atoms with Crippen molar-refractivity contribution in [2.45, 2.75) is 33.6 Å². The molecule has 1 fully saturated rings. The number of rotatable bonds is 2. The SMILES string of the molecule is CC(C)[C@H]1CC[C@@H](C)/C(=C\c2ccc(I)cc2)C1=O. The van der Waals surface area contributed by atoms with Crippen LogP contribution in [0.4, 0.5) is 0 Å². The standard InChI is InChI=1S/C17H21IO/c1-11(2)15-9-4-12(3)16(17(15)19)10-13-5-7-14(18)8-6-13/h5-8,10-12,15H,4,9H2,1-3H3/b16-10+/t12-,15-/m1/s1. The minimum Gasteiger partial charge on any atom is -0.294 e. The summed E-state index contributed by atoms with van der Waals surface area (Å²) in [5, 5.41) is 0. The summed E-state index contributed by atoms with van der Waals surface area (Å²) in [6.07, 6.45) is 4.27. The van der Waals surface area contributed by atoms with E-state index in [9.17, 15) is 4.79 Å². The third-order valence-corrected chi connectivity index (χ3v) is 4.78. The van der Waals surface area contributed by atoms with Crippen molar-refractivity contribution < 1.29 is 4.79 Å². The van der Waals surface area contributed by atoms with E-state index in [1.165, 1.54) is 3.57 Å². The van der Waals surface area contributed by atoms with Gasteiger partial charge < -0.3 is 0 Å². The molecule has 1 aliphatic rings. The minimum atomic E-state index is 0.214. The molecule has 0 aromatic heterocycles. The van der Waals surface area contributed by atoms with Crippen LogP contribution in [0.2, 0.25) is 0 Å². The van der Waals surface area contributed by atoms with Crippen molar-refractivity contribution in [3.63, 3.8) is 0 Å². The van der Waals surface area contributed by atoms with Gasteiger partial charge in [-0.25, -0.2) is 0 Å². The second kappa shape index (κ2) is 6.21. The molecule has 1 saturated carbocycles. The van der Waals surface area contributed by atoms with Crippen LogP contribution in [0.5, 0.6) is 0 Å². The van der Waals surface area contributed by atoms with E-state index in [0.717, 1.165) is 24.0 Å². The average Bonchev–Trinajstić information content (AvgIpc) is 2.36. The Morgan fingerprint density at radius 2 is 1.84 bits per heavy atom. The van der Waals surface area contributed by atoms with E-state index in [1.807, 2.05) is 0 Å². The summed E-state index contributed by atoms with van der Waals surface area (Å²) in [7, 11) is 0. The van der Waals surface area contributed by atoms with E-state index in [-0.39, 0.29) is 5.92 Å². The van der Waals surface area contributed by atoms with Crippen LogP contribution < -0.4 is 0 Å². The molecular formula is C17H21IO. The summed E-state index contributed by atoms with van der Waals surface area (Å²) in [5.41, 5.74) is 2.16. The van der Waals surface area contributed by atoms with Crippen molar-refractivity contribution in [1.29, 1.82) is 0 Å². The summed E-state index contributed by atoms with van der Waals surface area (Å²) in [6, 6.07) is 8.36. The van der Waals surface area contributed by atoms with Gasteiger partial charge in [0.25, 0.3) is 0 Å². The van der Waals surface area contributed by atoms with E-state index < -0.39 is 0 Å². The first-order valence-corrected chi connectivity index (χ1v) is 8.08. The number of hydrogen-bond donors (Lipinski definition) is 0. The van der Waals surface area contributed by atoms with E-state index in [2.05, 4.69) is 73.7 Å². The summed E-state index contributed by atoms with van der Waals surface area (Å²) in [5.74, 6) is 1.42. The van der Waals surface area contributed by atoms with Crippen molar-refractivity contribution in [2.24, 2.45) is 17.8 Å². The fourth-order valence-electron chi connectivity index (χ4n) is 2.76. The second-order valence-corrected chi connectivity index (χ2v) is 7.09. The van der Waals surface area contributed by atoms with Crippen LogP contribution >= 0.6 is 22.6 Å². The molecule has 0 bridgehead atoms. The normalized spacial score (nSPS) is 26.2. The fourth-order valence-corrected chi connectivity index (χ4v) is 3.12. The summed E-state index contributed by atoms with van der Waals surface area (Å²) in [6.45, 7) is 6.48. The number of allylic oxidation sites excluding steroid dienone is 1. The Balaban J connectivity index is 2.29. The Morgan fingerprint density at radius 3 is 2.42 bits per heavy atom. The average molecular weight is 368 g/mol.